The van der Waals surface area contributed by atoms with E-state index in [1.807, 2.05) is 0 Å². The van der Waals surface area contributed by atoms with Crippen LogP contribution in [-0.2, 0) is 4.79 Å². The first-order valence-corrected chi connectivity index (χ1v) is 5.77. The van der Waals surface area contributed by atoms with Crippen molar-refractivity contribution in [2.75, 3.05) is 6.54 Å². The number of hydrogen-bond donors (Lipinski definition) is 1. The number of carboxylic acid groups (broad SMARTS) is 1. The first-order chi connectivity index (χ1) is 6.79. The zero-order valence-electron chi connectivity index (χ0n) is 10.7. The van der Waals surface area contributed by atoms with Crippen LogP contribution in [0.1, 0.15) is 53.9 Å². The highest BCUT2D eigenvalue weighted by atomic mass is 16.4. The molecule has 1 unspecified atom stereocenters. The molecule has 0 aliphatic rings. The molecule has 0 radical (unpaired) electrons. The van der Waals surface area contributed by atoms with Crippen molar-refractivity contribution in [2.45, 2.75) is 65.5 Å². The van der Waals surface area contributed by atoms with Gasteiger partial charge < -0.3 is 5.11 Å². The normalized spacial score (nSPS) is 14.3. The lowest BCUT2D eigenvalue weighted by molar-refractivity contribution is -0.137. The zero-order chi connectivity index (χ0) is 12.1. The maximum absolute atomic E-state index is 10.6. The Morgan fingerprint density at radius 1 is 1.40 bits per heavy atom. The molecule has 0 heterocycles. The van der Waals surface area contributed by atoms with E-state index in [-0.39, 0.29) is 12.0 Å². The Balaban J connectivity index is 4.37. The Morgan fingerprint density at radius 2 is 1.93 bits per heavy atom. The van der Waals surface area contributed by atoms with Gasteiger partial charge in [-0.1, -0.05) is 13.3 Å². The average molecular weight is 215 g/mol. The fraction of sp³-hybridized carbons (Fsp3) is 0.917. The van der Waals surface area contributed by atoms with Crippen LogP contribution >= 0.6 is 0 Å². The van der Waals surface area contributed by atoms with Crippen molar-refractivity contribution >= 4 is 5.97 Å². The first-order valence-electron chi connectivity index (χ1n) is 5.77. The summed E-state index contributed by atoms with van der Waals surface area (Å²) in [4.78, 5) is 12.9. The molecule has 15 heavy (non-hydrogen) atoms. The Bertz CT molecular complexity index is 196. The molecule has 0 aromatic heterocycles. The van der Waals surface area contributed by atoms with Crippen molar-refractivity contribution < 1.29 is 9.90 Å². The van der Waals surface area contributed by atoms with Gasteiger partial charge in [-0.15, -0.1) is 0 Å². The first kappa shape index (κ1) is 14.4. The lowest BCUT2D eigenvalue weighted by Gasteiger charge is -2.40. The van der Waals surface area contributed by atoms with E-state index in [0.29, 0.717) is 12.6 Å². The highest BCUT2D eigenvalue weighted by Gasteiger charge is 2.25. The maximum atomic E-state index is 10.6. The minimum Gasteiger partial charge on any atom is -0.481 e. The highest BCUT2D eigenvalue weighted by molar-refractivity contribution is 5.66. The van der Waals surface area contributed by atoms with Crippen LogP contribution in [0.3, 0.4) is 0 Å². The van der Waals surface area contributed by atoms with Crippen LogP contribution in [0.25, 0.3) is 0 Å². The second-order valence-electron chi connectivity index (χ2n) is 5.15. The number of aliphatic carboxylic acids is 1. The van der Waals surface area contributed by atoms with Gasteiger partial charge in [0.15, 0.2) is 0 Å². The summed E-state index contributed by atoms with van der Waals surface area (Å²) in [6.07, 6.45) is 2.49. The summed E-state index contributed by atoms with van der Waals surface area (Å²) in [5.74, 6) is -0.715. The second kappa shape index (κ2) is 6.11. The van der Waals surface area contributed by atoms with Gasteiger partial charge in [0.1, 0.15) is 0 Å². The van der Waals surface area contributed by atoms with E-state index in [1.165, 1.54) is 0 Å². The third-order valence-electron chi connectivity index (χ3n) is 2.67. The van der Waals surface area contributed by atoms with Gasteiger partial charge in [-0.2, -0.15) is 0 Å². The number of carboxylic acids is 1. The quantitative estimate of drug-likeness (QED) is 0.740. The Morgan fingerprint density at radius 3 is 2.27 bits per heavy atom. The minimum atomic E-state index is -0.715. The van der Waals surface area contributed by atoms with E-state index < -0.39 is 5.97 Å². The molecule has 0 amide bonds. The molecule has 0 spiro atoms. The molecule has 0 aromatic rings. The minimum absolute atomic E-state index is 0.0457. The van der Waals surface area contributed by atoms with Crippen LogP contribution in [0.15, 0.2) is 0 Å². The van der Waals surface area contributed by atoms with Crippen molar-refractivity contribution in [3.8, 4) is 0 Å². The molecule has 0 saturated carbocycles. The van der Waals surface area contributed by atoms with Gasteiger partial charge in [-0.05, 0) is 34.1 Å². The molecule has 0 bridgehead atoms. The van der Waals surface area contributed by atoms with Gasteiger partial charge in [0.25, 0.3) is 0 Å². The van der Waals surface area contributed by atoms with Gasteiger partial charge in [-0.3, -0.25) is 9.69 Å². The molecular formula is C12H25NO2. The maximum Gasteiger partial charge on any atom is 0.304 e. The molecule has 3 heteroatoms. The number of hydrogen-bond acceptors (Lipinski definition) is 2. The number of carbonyl (C=O) groups is 1. The van der Waals surface area contributed by atoms with Gasteiger partial charge in [0.2, 0.25) is 0 Å². The number of nitrogens with zero attached hydrogens (tertiary/aromatic N) is 1. The summed E-state index contributed by atoms with van der Waals surface area (Å²) in [7, 11) is 0. The molecule has 1 N–H and O–H groups in total. The van der Waals surface area contributed by atoms with Gasteiger partial charge in [-0.25, -0.2) is 0 Å². The Hall–Kier alpha value is -0.570. The Labute approximate surface area is 93.5 Å². The lowest BCUT2D eigenvalue weighted by Crippen LogP contribution is -2.47. The van der Waals surface area contributed by atoms with Crippen molar-refractivity contribution in [3.05, 3.63) is 0 Å². The van der Waals surface area contributed by atoms with Crippen LogP contribution in [0.2, 0.25) is 0 Å². The third-order valence-corrected chi connectivity index (χ3v) is 2.67. The molecule has 0 rings (SSSR count). The molecular weight excluding hydrogens is 190 g/mol. The van der Waals surface area contributed by atoms with Gasteiger partial charge in [0.05, 0.1) is 6.42 Å². The largest absolute Gasteiger partial charge is 0.481 e. The molecule has 3 nitrogen and oxygen atoms in total. The van der Waals surface area contributed by atoms with Crippen LogP contribution < -0.4 is 0 Å². The van der Waals surface area contributed by atoms with Crippen LogP contribution in [0.4, 0.5) is 0 Å². The summed E-state index contributed by atoms with van der Waals surface area (Å²) in [5, 5.41) is 8.71. The van der Waals surface area contributed by atoms with Crippen LogP contribution in [0.5, 0.6) is 0 Å². The monoisotopic (exact) mass is 215 g/mol. The number of rotatable bonds is 6. The Kier molecular flexibility index (Phi) is 5.88. The summed E-state index contributed by atoms with van der Waals surface area (Å²) in [5.41, 5.74) is 0.0457. The fourth-order valence-electron chi connectivity index (χ4n) is 2.01. The predicted octanol–water partition coefficient (Wildman–Crippen LogP) is 2.75. The topological polar surface area (TPSA) is 40.5 Å². The standard InChI is InChI=1S/C12H25NO2/c1-6-7-10(2)13(12(3,4)5)9-8-11(14)15/h10H,6-9H2,1-5H3,(H,14,15). The molecule has 0 aromatic carbocycles. The molecule has 90 valence electrons. The molecule has 0 fully saturated rings. The summed E-state index contributed by atoms with van der Waals surface area (Å²) in [6.45, 7) is 11.4. The van der Waals surface area contributed by atoms with E-state index in [0.717, 1.165) is 12.8 Å². The lowest BCUT2D eigenvalue weighted by atomic mass is 10.0. The molecule has 0 saturated heterocycles. The van der Waals surface area contributed by atoms with Crippen LogP contribution in [-0.4, -0.2) is 34.1 Å². The smallest absolute Gasteiger partial charge is 0.304 e. The van der Waals surface area contributed by atoms with Gasteiger partial charge >= 0.3 is 5.97 Å². The third kappa shape index (κ3) is 5.78. The highest BCUT2D eigenvalue weighted by Crippen LogP contribution is 2.19. The summed E-state index contributed by atoms with van der Waals surface area (Å²) < 4.78 is 0. The van der Waals surface area contributed by atoms with E-state index in [2.05, 4.69) is 39.5 Å². The molecule has 0 aliphatic heterocycles. The van der Waals surface area contributed by atoms with Crippen molar-refractivity contribution in [2.24, 2.45) is 0 Å². The van der Waals surface area contributed by atoms with E-state index in [1.54, 1.807) is 0 Å². The van der Waals surface area contributed by atoms with Crippen molar-refractivity contribution in [1.29, 1.82) is 0 Å². The second-order valence-corrected chi connectivity index (χ2v) is 5.15. The van der Waals surface area contributed by atoms with E-state index in [9.17, 15) is 4.79 Å². The van der Waals surface area contributed by atoms with Crippen LogP contribution in [0, 0.1) is 0 Å². The van der Waals surface area contributed by atoms with E-state index >= 15 is 0 Å². The van der Waals surface area contributed by atoms with Crippen molar-refractivity contribution in [1.82, 2.24) is 4.90 Å². The van der Waals surface area contributed by atoms with Crippen molar-refractivity contribution in [3.63, 3.8) is 0 Å². The summed E-state index contributed by atoms with van der Waals surface area (Å²) >= 11 is 0. The van der Waals surface area contributed by atoms with Gasteiger partial charge in [0, 0.05) is 18.1 Å². The summed E-state index contributed by atoms with van der Waals surface area (Å²) in [6, 6.07) is 0.453. The molecule has 0 aliphatic carbocycles. The average Bonchev–Trinajstić information content (AvgIpc) is 2.01. The molecule has 1 atom stereocenters. The SMILES string of the molecule is CCCC(C)N(CCC(=O)O)C(C)(C)C. The predicted molar refractivity (Wildman–Crippen MR) is 63.1 cm³/mol. The van der Waals surface area contributed by atoms with E-state index in [4.69, 9.17) is 5.11 Å². The fourth-order valence-corrected chi connectivity index (χ4v) is 2.01. The zero-order valence-corrected chi connectivity index (χ0v) is 10.7.